The molecule has 0 aromatic rings. The molecular weight excluding hydrogens is 242 g/mol. The molecule has 3 heteroatoms. The summed E-state index contributed by atoms with van der Waals surface area (Å²) in [5, 5.41) is 2.79. The standard InChI is InChI=1S/C11H14BrNO/c1-7-5-4-6-10(7)11(8(2)12)13-9(3)14/h1-2,4-6H2,3H3,(H,13,14)/b11-10+. The Morgan fingerprint density at radius 1 is 1.50 bits per heavy atom. The third-order valence-electron chi connectivity index (χ3n) is 2.21. The quantitative estimate of drug-likeness (QED) is 0.808. The van der Waals surface area contributed by atoms with Crippen molar-refractivity contribution >= 4 is 21.8 Å². The first-order valence-corrected chi connectivity index (χ1v) is 5.35. The zero-order chi connectivity index (χ0) is 10.7. The van der Waals surface area contributed by atoms with Gasteiger partial charge in [-0.2, -0.15) is 0 Å². The summed E-state index contributed by atoms with van der Waals surface area (Å²) < 4.78 is 0.714. The van der Waals surface area contributed by atoms with Crippen LogP contribution in [0.5, 0.6) is 0 Å². The van der Waals surface area contributed by atoms with Gasteiger partial charge in [0, 0.05) is 11.4 Å². The van der Waals surface area contributed by atoms with Gasteiger partial charge in [-0.15, -0.1) is 0 Å². The molecule has 0 heterocycles. The van der Waals surface area contributed by atoms with E-state index in [9.17, 15) is 4.79 Å². The average molecular weight is 256 g/mol. The maximum atomic E-state index is 11.0. The second kappa shape index (κ2) is 4.60. The lowest BCUT2D eigenvalue weighted by Gasteiger charge is -2.11. The highest BCUT2D eigenvalue weighted by Gasteiger charge is 2.17. The number of rotatable bonds is 2. The van der Waals surface area contributed by atoms with Crippen molar-refractivity contribution < 1.29 is 4.79 Å². The fourth-order valence-electron chi connectivity index (χ4n) is 1.59. The molecule has 0 saturated heterocycles. The van der Waals surface area contributed by atoms with E-state index in [1.54, 1.807) is 0 Å². The molecule has 76 valence electrons. The van der Waals surface area contributed by atoms with Crippen molar-refractivity contribution in [1.29, 1.82) is 0 Å². The molecule has 1 rings (SSSR count). The molecule has 0 aromatic heterocycles. The van der Waals surface area contributed by atoms with Gasteiger partial charge in [-0.1, -0.05) is 13.2 Å². The van der Waals surface area contributed by atoms with E-state index >= 15 is 0 Å². The van der Waals surface area contributed by atoms with Crippen molar-refractivity contribution in [1.82, 2.24) is 5.32 Å². The summed E-state index contributed by atoms with van der Waals surface area (Å²) in [5.74, 6) is -0.0761. The smallest absolute Gasteiger partial charge is 0.221 e. The Hall–Kier alpha value is -0.830. The van der Waals surface area contributed by atoms with Crippen molar-refractivity contribution in [2.45, 2.75) is 26.2 Å². The lowest BCUT2D eigenvalue weighted by Crippen LogP contribution is -2.20. The Kier molecular flexibility index (Phi) is 3.69. The molecule has 1 saturated carbocycles. The first-order chi connectivity index (χ1) is 6.52. The van der Waals surface area contributed by atoms with Gasteiger partial charge in [-0.3, -0.25) is 4.79 Å². The normalized spacial score (nSPS) is 19.4. The molecule has 1 aliphatic carbocycles. The van der Waals surface area contributed by atoms with Gasteiger partial charge in [-0.05, 0) is 46.3 Å². The number of allylic oxidation sites excluding steroid dienone is 3. The number of amides is 1. The largest absolute Gasteiger partial charge is 0.325 e. The monoisotopic (exact) mass is 255 g/mol. The minimum absolute atomic E-state index is 0.0761. The minimum Gasteiger partial charge on any atom is -0.325 e. The highest BCUT2D eigenvalue weighted by atomic mass is 79.9. The number of carbonyl (C=O) groups is 1. The number of carbonyl (C=O) groups excluding carboxylic acids is 1. The van der Waals surface area contributed by atoms with Gasteiger partial charge in [0.2, 0.25) is 5.91 Å². The van der Waals surface area contributed by atoms with E-state index in [1.165, 1.54) is 6.92 Å². The molecule has 0 aliphatic heterocycles. The van der Waals surface area contributed by atoms with Crippen LogP contribution < -0.4 is 5.32 Å². The summed E-state index contributed by atoms with van der Waals surface area (Å²) in [4.78, 5) is 11.0. The summed E-state index contributed by atoms with van der Waals surface area (Å²) in [5.41, 5.74) is 3.02. The van der Waals surface area contributed by atoms with E-state index in [-0.39, 0.29) is 5.91 Å². The first-order valence-electron chi connectivity index (χ1n) is 4.56. The van der Waals surface area contributed by atoms with Gasteiger partial charge in [0.1, 0.15) is 0 Å². The predicted octanol–water partition coefficient (Wildman–Crippen LogP) is 3.03. The van der Waals surface area contributed by atoms with Crippen LogP contribution in [0.15, 0.2) is 34.5 Å². The Labute approximate surface area is 92.9 Å². The second-order valence-electron chi connectivity index (χ2n) is 3.40. The molecule has 1 fully saturated rings. The molecule has 1 amide bonds. The first kappa shape index (κ1) is 11.2. The van der Waals surface area contributed by atoms with Gasteiger partial charge in [0.25, 0.3) is 0 Å². The Morgan fingerprint density at radius 3 is 2.50 bits per heavy atom. The van der Waals surface area contributed by atoms with Crippen LogP contribution in [0.3, 0.4) is 0 Å². The predicted molar refractivity (Wildman–Crippen MR) is 61.9 cm³/mol. The lowest BCUT2D eigenvalue weighted by atomic mass is 10.1. The fourth-order valence-corrected chi connectivity index (χ4v) is 1.93. The average Bonchev–Trinajstić information content (AvgIpc) is 2.46. The van der Waals surface area contributed by atoms with Gasteiger partial charge < -0.3 is 5.32 Å². The number of nitrogens with one attached hydrogen (secondary N) is 1. The summed E-state index contributed by atoms with van der Waals surface area (Å²) >= 11 is 3.30. The second-order valence-corrected chi connectivity index (χ2v) is 4.35. The van der Waals surface area contributed by atoms with E-state index in [1.807, 2.05) is 0 Å². The zero-order valence-electron chi connectivity index (χ0n) is 8.32. The SMILES string of the molecule is C=C1CCC/C1=C(\NC(C)=O)C(=C)Br. The lowest BCUT2D eigenvalue weighted by molar-refractivity contribution is -0.118. The Bertz CT molecular complexity index is 328. The van der Waals surface area contributed by atoms with Gasteiger partial charge in [-0.25, -0.2) is 0 Å². The van der Waals surface area contributed by atoms with Crippen molar-refractivity contribution in [3.8, 4) is 0 Å². The van der Waals surface area contributed by atoms with Crippen LogP contribution >= 0.6 is 15.9 Å². The van der Waals surface area contributed by atoms with Crippen molar-refractivity contribution in [3.63, 3.8) is 0 Å². The Balaban J connectivity index is 3.01. The third kappa shape index (κ3) is 2.58. The van der Waals surface area contributed by atoms with Gasteiger partial charge in [0.15, 0.2) is 0 Å². The molecule has 0 aromatic carbocycles. The number of halogens is 1. The molecular formula is C11H14BrNO. The molecule has 2 nitrogen and oxygen atoms in total. The van der Waals surface area contributed by atoms with Gasteiger partial charge >= 0.3 is 0 Å². The van der Waals surface area contributed by atoms with Crippen LogP contribution in [0, 0.1) is 0 Å². The van der Waals surface area contributed by atoms with Crippen LogP contribution in [0.25, 0.3) is 0 Å². The summed E-state index contributed by atoms with van der Waals surface area (Å²) in [6.07, 6.45) is 3.09. The molecule has 1 aliphatic rings. The van der Waals surface area contributed by atoms with Crippen LogP contribution in [-0.2, 0) is 4.79 Å². The van der Waals surface area contributed by atoms with Gasteiger partial charge in [0.05, 0.1) is 5.70 Å². The van der Waals surface area contributed by atoms with E-state index in [4.69, 9.17) is 0 Å². The third-order valence-corrected chi connectivity index (χ3v) is 2.60. The summed E-state index contributed by atoms with van der Waals surface area (Å²) in [7, 11) is 0. The molecule has 1 N–H and O–H groups in total. The molecule has 0 unspecified atom stereocenters. The van der Waals surface area contributed by atoms with Crippen LogP contribution in [0.4, 0.5) is 0 Å². The van der Waals surface area contributed by atoms with E-state index < -0.39 is 0 Å². The van der Waals surface area contributed by atoms with Crippen molar-refractivity contribution in [3.05, 3.63) is 34.5 Å². The summed E-state index contributed by atoms with van der Waals surface area (Å²) in [6.45, 7) is 9.26. The Morgan fingerprint density at radius 2 is 2.14 bits per heavy atom. The van der Waals surface area contributed by atoms with Crippen molar-refractivity contribution in [2.75, 3.05) is 0 Å². The van der Waals surface area contributed by atoms with Crippen LogP contribution in [0.1, 0.15) is 26.2 Å². The fraction of sp³-hybridized carbons (Fsp3) is 0.364. The minimum atomic E-state index is -0.0761. The number of hydrogen-bond donors (Lipinski definition) is 1. The van der Waals surface area contributed by atoms with Crippen LogP contribution in [-0.4, -0.2) is 5.91 Å². The van der Waals surface area contributed by atoms with E-state index in [2.05, 4.69) is 34.4 Å². The highest BCUT2D eigenvalue weighted by molar-refractivity contribution is 9.11. The molecule has 0 bridgehead atoms. The maximum absolute atomic E-state index is 11.0. The summed E-state index contributed by atoms with van der Waals surface area (Å²) in [6, 6.07) is 0. The molecule has 0 spiro atoms. The van der Waals surface area contributed by atoms with Crippen molar-refractivity contribution in [2.24, 2.45) is 0 Å². The number of hydrogen-bond acceptors (Lipinski definition) is 1. The van der Waals surface area contributed by atoms with E-state index in [0.29, 0.717) is 4.48 Å². The van der Waals surface area contributed by atoms with Crippen LogP contribution in [0.2, 0.25) is 0 Å². The molecule has 0 atom stereocenters. The maximum Gasteiger partial charge on any atom is 0.221 e. The topological polar surface area (TPSA) is 29.1 Å². The molecule has 14 heavy (non-hydrogen) atoms. The zero-order valence-corrected chi connectivity index (χ0v) is 9.91. The molecule has 0 radical (unpaired) electrons. The van der Waals surface area contributed by atoms with E-state index in [0.717, 1.165) is 36.1 Å². The highest BCUT2D eigenvalue weighted by Crippen LogP contribution is 2.33.